The molecule has 172 valence electrons. The van der Waals surface area contributed by atoms with Gasteiger partial charge in [0.1, 0.15) is 19.3 Å². The summed E-state index contributed by atoms with van der Waals surface area (Å²) in [6.07, 6.45) is 0. The molecule has 33 heavy (non-hydrogen) atoms. The van der Waals surface area contributed by atoms with Crippen LogP contribution >= 0.6 is 0 Å². The number of rotatable bonds is 8. The molecule has 8 nitrogen and oxygen atoms in total. The van der Waals surface area contributed by atoms with Gasteiger partial charge in [-0.2, -0.15) is 0 Å². The predicted molar refractivity (Wildman–Crippen MR) is 126 cm³/mol. The lowest BCUT2D eigenvalue weighted by atomic mass is 10.2. The molecule has 1 aliphatic heterocycles. The molecule has 4 rings (SSSR count). The van der Waals surface area contributed by atoms with Crippen molar-refractivity contribution in [2.75, 3.05) is 23.3 Å². The van der Waals surface area contributed by atoms with Crippen molar-refractivity contribution < 1.29 is 22.7 Å². The van der Waals surface area contributed by atoms with E-state index in [0.29, 0.717) is 42.6 Å². The number of ether oxygens (including phenoxy) is 2. The summed E-state index contributed by atoms with van der Waals surface area (Å²) in [4.78, 5) is 12.4. The maximum absolute atomic E-state index is 12.8. The van der Waals surface area contributed by atoms with Crippen molar-refractivity contribution >= 4 is 27.3 Å². The first-order valence-electron chi connectivity index (χ1n) is 10.5. The van der Waals surface area contributed by atoms with Gasteiger partial charge >= 0.3 is 0 Å². The third kappa shape index (κ3) is 5.75. The second kappa shape index (κ2) is 9.83. The molecule has 0 aliphatic carbocycles. The first kappa shape index (κ1) is 22.5. The van der Waals surface area contributed by atoms with E-state index in [1.165, 1.54) is 12.1 Å². The molecule has 1 atom stereocenters. The van der Waals surface area contributed by atoms with Gasteiger partial charge in [-0.15, -0.1) is 0 Å². The van der Waals surface area contributed by atoms with E-state index in [1.54, 1.807) is 37.3 Å². The lowest BCUT2D eigenvalue weighted by Gasteiger charge is -2.19. The van der Waals surface area contributed by atoms with Gasteiger partial charge in [-0.25, -0.2) is 8.42 Å². The van der Waals surface area contributed by atoms with Gasteiger partial charge in [0.2, 0.25) is 5.91 Å². The van der Waals surface area contributed by atoms with Crippen molar-refractivity contribution in [2.24, 2.45) is 0 Å². The maximum Gasteiger partial charge on any atom is 0.262 e. The fourth-order valence-electron chi connectivity index (χ4n) is 3.29. The van der Waals surface area contributed by atoms with E-state index in [0.717, 1.165) is 5.56 Å². The van der Waals surface area contributed by atoms with Crippen molar-refractivity contribution in [3.8, 4) is 11.5 Å². The highest BCUT2D eigenvalue weighted by molar-refractivity contribution is 7.92. The number of anilines is 2. The quantitative estimate of drug-likeness (QED) is 0.469. The Hall–Kier alpha value is -3.72. The maximum atomic E-state index is 12.8. The second-order valence-electron chi connectivity index (χ2n) is 7.56. The highest BCUT2D eigenvalue weighted by atomic mass is 32.2. The molecule has 0 radical (unpaired) electrons. The van der Waals surface area contributed by atoms with Crippen LogP contribution in [0.1, 0.15) is 12.5 Å². The number of sulfonamides is 1. The highest BCUT2D eigenvalue weighted by Gasteiger charge is 2.19. The van der Waals surface area contributed by atoms with Gasteiger partial charge in [-0.05, 0) is 48.9 Å². The van der Waals surface area contributed by atoms with E-state index in [1.807, 2.05) is 30.3 Å². The zero-order valence-electron chi connectivity index (χ0n) is 18.1. The molecular weight excluding hydrogens is 442 g/mol. The van der Waals surface area contributed by atoms with Crippen LogP contribution in [0, 0.1) is 0 Å². The Bertz CT molecular complexity index is 1210. The number of hydrogen-bond acceptors (Lipinski definition) is 6. The van der Waals surface area contributed by atoms with Crippen molar-refractivity contribution in [3.63, 3.8) is 0 Å². The van der Waals surface area contributed by atoms with Gasteiger partial charge in [0.15, 0.2) is 11.5 Å². The zero-order valence-corrected chi connectivity index (χ0v) is 18.9. The number of fused-ring (bicyclic) bond motifs is 1. The smallest absolute Gasteiger partial charge is 0.262 e. The minimum absolute atomic E-state index is 0.0812. The van der Waals surface area contributed by atoms with Crippen LogP contribution in [-0.4, -0.2) is 33.6 Å². The van der Waals surface area contributed by atoms with Crippen molar-refractivity contribution in [1.29, 1.82) is 0 Å². The Morgan fingerprint density at radius 3 is 2.30 bits per heavy atom. The molecule has 0 spiro atoms. The van der Waals surface area contributed by atoms with Gasteiger partial charge in [0.25, 0.3) is 10.0 Å². The van der Waals surface area contributed by atoms with E-state index in [9.17, 15) is 13.2 Å². The number of hydrogen-bond donors (Lipinski definition) is 3. The third-order valence-corrected chi connectivity index (χ3v) is 6.43. The summed E-state index contributed by atoms with van der Waals surface area (Å²) in [5.74, 6) is 0.794. The minimum Gasteiger partial charge on any atom is -0.486 e. The molecule has 0 bridgehead atoms. The van der Waals surface area contributed by atoms with Crippen LogP contribution in [-0.2, 0) is 21.4 Å². The van der Waals surface area contributed by atoms with Crippen LogP contribution < -0.4 is 24.8 Å². The molecule has 1 amide bonds. The molecule has 0 fully saturated rings. The number of carbonyl (C=O) groups is 1. The average molecular weight is 468 g/mol. The van der Waals surface area contributed by atoms with Crippen LogP contribution in [0.5, 0.6) is 11.5 Å². The molecule has 0 saturated carbocycles. The summed E-state index contributed by atoms with van der Waals surface area (Å²) in [6, 6.07) is 20.4. The van der Waals surface area contributed by atoms with E-state index in [4.69, 9.17) is 9.47 Å². The summed E-state index contributed by atoms with van der Waals surface area (Å²) in [7, 11) is -3.80. The molecular formula is C24H25N3O5S. The molecule has 1 aliphatic rings. The Morgan fingerprint density at radius 2 is 1.58 bits per heavy atom. The topological polar surface area (TPSA) is 106 Å². The molecule has 9 heteroatoms. The summed E-state index contributed by atoms with van der Waals surface area (Å²) in [6.45, 7) is 3.03. The van der Waals surface area contributed by atoms with E-state index >= 15 is 0 Å². The third-order valence-electron chi connectivity index (χ3n) is 5.05. The summed E-state index contributed by atoms with van der Waals surface area (Å²) in [5, 5.41) is 6.00. The van der Waals surface area contributed by atoms with Gasteiger partial charge < -0.3 is 20.1 Å². The lowest BCUT2D eigenvalue weighted by Crippen LogP contribution is -2.37. The number of carbonyl (C=O) groups excluding carboxylic acids is 1. The van der Waals surface area contributed by atoms with Gasteiger partial charge in [-0.1, -0.05) is 30.3 Å². The molecule has 0 saturated heterocycles. The van der Waals surface area contributed by atoms with Crippen LogP contribution in [0.25, 0.3) is 0 Å². The molecule has 1 heterocycles. The van der Waals surface area contributed by atoms with Gasteiger partial charge in [-0.3, -0.25) is 9.52 Å². The molecule has 3 aromatic carbocycles. The van der Waals surface area contributed by atoms with Crippen LogP contribution in [0.2, 0.25) is 0 Å². The standard InChI is InChI=1S/C24H25N3O5S/c1-17(24(28)25-16-18-5-3-2-4-6-18)26-19-7-9-20(10-8-19)27-33(29,30)21-11-12-22-23(15-21)32-14-13-31-22/h2-12,15,17,26-27H,13-14,16H2,1H3,(H,25,28)/t17-/m1/s1. The van der Waals surface area contributed by atoms with Crippen molar-refractivity contribution in [3.05, 3.63) is 78.4 Å². The summed E-state index contributed by atoms with van der Waals surface area (Å²) >= 11 is 0. The molecule has 3 N–H and O–H groups in total. The molecule has 0 aromatic heterocycles. The largest absolute Gasteiger partial charge is 0.486 e. The monoisotopic (exact) mass is 467 g/mol. The fraction of sp³-hybridized carbons (Fsp3) is 0.208. The first-order valence-corrected chi connectivity index (χ1v) is 12.0. The lowest BCUT2D eigenvalue weighted by molar-refractivity contribution is -0.121. The summed E-state index contributed by atoms with van der Waals surface area (Å²) < 4.78 is 39.0. The van der Waals surface area contributed by atoms with Gasteiger partial charge in [0.05, 0.1) is 4.90 Å². The predicted octanol–water partition coefficient (Wildman–Crippen LogP) is 3.38. The Morgan fingerprint density at radius 1 is 0.909 bits per heavy atom. The summed E-state index contributed by atoms with van der Waals surface area (Å²) in [5.41, 5.74) is 2.11. The molecule has 3 aromatic rings. The van der Waals surface area contributed by atoms with E-state index in [-0.39, 0.29) is 10.8 Å². The van der Waals surface area contributed by atoms with E-state index in [2.05, 4.69) is 15.4 Å². The highest BCUT2D eigenvalue weighted by Crippen LogP contribution is 2.32. The van der Waals surface area contributed by atoms with Crippen molar-refractivity contribution in [2.45, 2.75) is 24.4 Å². The molecule has 0 unspecified atom stereocenters. The first-order chi connectivity index (χ1) is 15.9. The van der Waals surface area contributed by atoms with Crippen LogP contribution in [0.3, 0.4) is 0 Å². The average Bonchev–Trinajstić information content (AvgIpc) is 2.84. The Labute approximate surface area is 193 Å². The number of nitrogens with one attached hydrogen (secondary N) is 3. The fourth-order valence-corrected chi connectivity index (χ4v) is 4.37. The minimum atomic E-state index is -3.80. The normalized spacial score (nSPS) is 13.6. The van der Waals surface area contributed by atoms with E-state index < -0.39 is 16.1 Å². The number of amides is 1. The Kier molecular flexibility index (Phi) is 6.69. The SMILES string of the molecule is C[C@@H](Nc1ccc(NS(=O)(=O)c2ccc3c(c2)OCCO3)cc1)C(=O)NCc1ccccc1. The Balaban J connectivity index is 1.34. The second-order valence-corrected chi connectivity index (χ2v) is 9.24. The van der Waals surface area contributed by atoms with Crippen LogP contribution in [0.4, 0.5) is 11.4 Å². The van der Waals surface area contributed by atoms with Gasteiger partial charge in [0, 0.05) is 24.0 Å². The number of benzene rings is 3. The zero-order chi connectivity index (χ0) is 23.3. The van der Waals surface area contributed by atoms with Crippen molar-refractivity contribution in [1.82, 2.24) is 5.32 Å². The van der Waals surface area contributed by atoms with Crippen LogP contribution in [0.15, 0.2) is 77.7 Å².